The van der Waals surface area contributed by atoms with E-state index in [1.54, 1.807) is 0 Å². The van der Waals surface area contributed by atoms with Crippen molar-refractivity contribution in [2.24, 2.45) is 0 Å². The summed E-state index contributed by atoms with van der Waals surface area (Å²) in [5.74, 6) is 1.05. The van der Waals surface area contributed by atoms with Crippen LogP contribution in [0, 0.1) is 13.8 Å². The molecule has 0 saturated heterocycles. The van der Waals surface area contributed by atoms with E-state index in [-0.39, 0.29) is 0 Å². The summed E-state index contributed by atoms with van der Waals surface area (Å²) < 4.78 is 6.20. The molecule has 2 unspecified atom stereocenters. The van der Waals surface area contributed by atoms with Crippen molar-refractivity contribution in [2.75, 3.05) is 5.32 Å². The molecule has 1 aliphatic rings. The van der Waals surface area contributed by atoms with E-state index in [1.165, 1.54) is 23.2 Å². The summed E-state index contributed by atoms with van der Waals surface area (Å²) in [6.45, 7) is 8.70. The highest BCUT2D eigenvalue weighted by atomic mass is 16.5. The van der Waals surface area contributed by atoms with Crippen molar-refractivity contribution in [3.8, 4) is 5.75 Å². The lowest BCUT2D eigenvalue weighted by Gasteiger charge is -2.35. The molecule has 1 aliphatic heterocycles. The van der Waals surface area contributed by atoms with Crippen molar-refractivity contribution in [1.29, 1.82) is 0 Å². The fourth-order valence-electron chi connectivity index (χ4n) is 2.65. The van der Waals surface area contributed by atoms with E-state index in [4.69, 9.17) is 4.74 Å². The van der Waals surface area contributed by atoms with E-state index < -0.39 is 0 Å². The summed E-state index contributed by atoms with van der Waals surface area (Å²) in [5, 5.41) is 3.64. The van der Waals surface area contributed by atoms with Gasteiger partial charge in [0.25, 0.3) is 0 Å². The maximum Gasteiger partial charge on any atom is 0.145 e. The predicted molar refractivity (Wildman–Crippen MR) is 72.9 cm³/mol. The van der Waals surface area contributed by atoms with E-state index in [2.05, 4.69) is 45.1 Å². The second-order valence-electron chi connectivity index (χ2n) is 5.06. The molecule has 2 nitrogen and oxygen atoms in total. The van der Waals surface area contributed by atoms with Crippen LogP contribution in [0.3, 0.4) is 0 Å². The highest BCUT2D eigenvalue weighted by Crippen LogP contribution is 2.37. The lowest BCUT2D eigenvalue weighted by Crippen LogP contribution is -2.41. The van der Waals surface area contributed by atoms with Crippen molar-refractivity contribution in [3.63, 3.8) is 0 Å². The molecule has 0 amide bonds. The van der Waals surface area contributed by atoms with Gasteiger partial charge in [-0.1, -0.05) is 26.3 Å². The third kappa shape index (κ3) is 2.41. The van der Waals surface area contributed by atoms with Gasteiger partial charge in [0.15, 0.2) is 0 Å². The van der Waals surface area contributed by atoms with Gasteiger partial charge in [0, 0.05) is 0 Å². The maximum absolute atomic E-state index is 6.20. The molecule has 94 valence electrons. The fourth-order valence-corrected chi connectivity index (χ4v) is 2.65. The molecular formula is C15H23NO. The Morgan fingerprint density at radius 1 is 1.24 bits per heavy atom. The first-order valence-electron chi connectivity index (χ1n) is 6.70. The second-order valence-corrected chi connectivity index (χ2v) is 5.06. The largest absolute Gasteiger partial charge is 0.486 e. The van der Waals surface area contributed by atoms with Gasteiger partial charge in [0.2, 0.25) is 0 Å². The van der Waals surface area contributed by atoms with E-state index in [0.29, 0.717) is 12.1 Å². The van der Waals surface area contributed by atoms with E-state index in [0.717, 1.165) is 18.6 Å². The van der Waals surface area contributed by atoms with Crippen LogP contribution in [0.15, 0.2) is 12.1 Å². The van der Waals surface area contributed by atoms with Gasteiger partial charge in [-0.15, -0.1) is 0 Å². The number of benzene rings is 1. The van der Waals surface area contributed by atoms with Crippen LogP contribution in [-0.2, 0) is 0 Å². The Morgan fingerprint density at radius 2 is 2.00 bits per heavy atom. The molecule has 0 fully saturated rings. The average molecular weight is 233 g/mol. The first-order valence-corrected chi connectivity index (χ1v) is 6.70. The van der Waals surface area contributed by atoms with Crippen LogP contribution in [0.5, 0.6) is 5.75 Å². The Labute approximate surface area is 104 Å². The molecule has 0 aromatic heterocycles. The Kier molecular flexibility index (Phi) is 3.60. The van der Waals surface area contributed by atoms with Gasteiger partial charge in [-0.05, 0) is 43.9 Å². The molecule has 0 radical (unpaired) electrons. The van der Waals surface area contributed by atoms with Crippen LogP contribution in [0.25, 0.3) is 0 Å². The van der Waals surface area contributed by atoms with Crippen molar-refractivity contribution in [3.05, 3.63) is 23.3 Å². The van der Waals surface area contributed by atoms with Crippen LogP contribution in [0.1, 0.15) is 44.2 Å². The van der Waals surface area contributed by atoms with Crippen molar-refractivity contribution < 1.29 is 4.74 Å². The number of hydrogen-bond acceptors (Lipinski definition) is 2. The zero-order valence-corrected chi connectivity index (χ0v) is 11.3. The van der Waals surface area contributed by atoms with Crippen molar-refractivity contribution >= 4 is 5.69 Å². The van der Waals surface area contributed by atoms with Gasteiger partial charge in [-0.25, -0.2) is 0 Å². The number of hydrogen-bond donors (Lipinski definition) is 1. The minimum Gasteiger partial charge on any atom is -0.486 e. The molecule has 1 aromatic carbocycles. The van der Waals surface area contributed by atoms with Crippen LogP contribution in [0.2, 0.25) is 0 Å². The first kappa shape index (κ1) is 12.3. The summed E-state index contributed by atoms with van der Waals surface area (Å²) in [4.78, 5) is 0. The maximum atomic E-state index is 6.20. The molecule has 17 heavy (non-hydrogen) atoms. The number of aryl methyl sites for hydroxylation is 2. The summed E-state index contributed by atoms with van der Waals surface area (Å²) in [5.41, 5.74) is 3.70. The summed E-state index contributed by atoms with van der Waals surface area (Å²) >= 11 is 0. The Balaban J connectivity index is 2.32. The fraction of sp³-hybridized carbons (Fsp3) is 0.600. The van der Waals surface area contributed by atoms with Gasteiger partial charge >= 0.3 is 0 Å². The Hall–Kier alpha value is -1.18. The number of anilines is 1. The van der Waals surface area contributed by atoms with Crippen LogP contribution < -0.4 is 10.1 Å². The van der Waals surface area contributed by atoms with Crippen molar-refractivity contribution in [1.82, 2.24) is 0 Å². The van der Waals surface area contributed by atoms with Gasteiger partial charge in [-0.3, -0.25) is 0 Å². The third-order valence-corrected chi connectivity index (χ3v) is 3.49. The smallest absolute Gasteiger partial charge is 0.145 e. The van der Waals surface area contributed by atoms with Crippen molar-refractivity contribution in [2.45, 2.75) is 59.1 Å². The molecule has 2 atom stereocenters. The van der Waals surface area contributed by atoms with Gasteiger partial charge in [0.05, 0.1) is 11.7 Å². The molecular weight excluding hydrogens is 210 g/mol. The molecule has 2 rings (SSSR count). The van der Waals surface area contributed by atoms with Crippen LogP contribution >= 0.6 is 0 Å². The minimum atomic E-state index is 0.318. The summed E-state index contributed by atoms with van der Waals surface area (Å²) in [6.07, 6.45) is 3.72. The molecule has 1 aromatic rings. The monoisotopic (exact) mass is 233 g/mol. The Bertz CT molecular complexity index is 400. The quantitative estimate of drug-likeness (QED) is 0.850. The van der Waals surface area contributed by atoms with E-state index in [9.17, 15) is 0 Å². The second kappa shape index (κ2) is 4.99. The molecule has 0 saturated carbocycles. The van der Waals surface area contributed by atoms with Gasteiger partial charge in [0.1, 0.15) is 11.9 Å². The Morgan fingerprint density at radius 3 is 2.65 bits per heavy atom. The number of ether oxygens (including phenoxy) is 1. The highest BCUT2D eigenvalue weighted by molar-refractivity contribution is 5.63. The van der Waals surface area contributed by atoms with E-state index in [1.807, 2.05) is 0 Å². The summed E-state index contributed by atoms with van der Waals surface area (Å²) in [7, 11) is 0. The molecule has 1 N–H and O–H groups in total. The summed E-state index contributed by atoms with van der Waals surface area (Å²) in [6, 6.07) is 4.83. The number of nitrogens with one attached hydrogen (secondary N) is 1. The zero-order valence-electron chi connectivity index (χ0n) is 11.3. The third-order valence-electron chi connectivity index (χ3n) is 3.49. The standard InChI is InChI=1S/C15H23NO/c1-5-7-14-12(6-2)16-13-9-10(3)8-11(4)15(13)17-14/h8-9,12,14,16H,5-7H2,1-4H3. The van der Waals surface area contributed by atoms with Crippen LogP contribution in [-0.4, -0.2) is 12.1 Å². The minimum absolute atomic E-state index is 0.318. The van der Waals surface area contributed by atoms with Crippen LogP contribution in [0.4, 0.5) is 5.69 Å². The first-order chi connectivity index (χ1) is 8.15. The topological polar surface area (TPSA) is 21.3 Å². The highest BCUT2D eigenvalue weighted by Gasteiger charge is 2.28. The zero-order chi connectivity index (χ0) is 12.4. The average Bonchev–Trinajstić information content (AvgIpc) is 2.29. The molecule has 0 bridgehead atoms. The molecule has 0 aliphatic carbocycles. The lowest BCUT2D eigenvalue weighted by molar-refractivity contribution is 0.154. The van der Waals surface area contributed by atoms with E-state index >= 15 is 0 Å². The van der Waals surface area contributed by atoms with Gasteiger partial charge in [-0.2, -0.15) is 0 Å². The lowest BCUT2D eigenvalue weighted by atomic mass is 9.99. The number of fused-ring (bicyclic) bond motifs is 1. The molecule has 0 spiro atoms. The molecule has 2 heteroatoms. The molecule has 1 heterocycles. The SMILES string of the molecule is CCCC1Oc2c(C)cc(C)cc2NC1CC. The normalized spacial score (nSPS) is 22.6. The predicted octanol–water partition coefficient (Wildman–Crippen LogP) is 4.06. The number of rotatable bonds is 3. The van der Waals surface area contributed by atoms with Gasteiger partial charge < -0.3 is 10.1 Å².